The molecular formula is C17H15N5O3. The zero-order chi connectivity index (χ0) is 17.1. The van der Waals surface area contributed by atoms with Crippen LogP contribution in [0.25, 0.3) is 5.69 Å². The Morgan fingerprint density at radius 1 is 1.20 bits per heavy atom. The first-order chi connectivity index (χ1) is 12.3. The van der Waals surface area contributed by atoms with Crippen LogP contribution in [0.15, 0.2) is 54.9 Å². The summed E-state index contributed by atoms with van der Waals surface area (Å²) in [6.45, 7) is 0.740. The maximum atomic E-state index is 12.4. The third-order valence-corrected chi connectivity index (χ3v) is 3.78. The molecule has 1 aromatic heterocycles. The molecule has 0 saturated carbocycles. The third-order valence-electron chi connectivity index (χ3n) is 3.78. The summed E-state index contributed by atoms with van der Waals surface area (Å²) in [7, 11) is 0. The molecule has 3 aromatic rings. The molecule has 8 heteroatoms. The number of benzene rings is 2. The number of carbonyl (C=O) groups excluding carboxylic acids is 1. The second kappa shape index (κ2) is 6.60. The van der Waals surface area contributed by atoms with Gasteiger partial charge < -0.3 is 14.8 Å². The maximum absolute atomic E-state index is 12.4. The Bertz CT molecular complexity index is 882. The molecular weight excluding hydrogens is 322 g/mol. The first kappa shape index (κ1) is 15.1. The van der Waals surface area contributed by atoms with Crippen molar-refractivity contribution in [2.75, 3.05) is 13.2 Å². The average molecular weight is 337 g/mol. The van der Waals surface area contributed by atoms with Gasteiger partial charge in [-0.3, -0.25) is 4.79 Å². The van der Waals surface area contributed by atoms with E-state index in [1.165, 1.54) is 11.0 Å². The minimum atomic E-state index is -0.235. The molecule has 0 spiro atoms. The molecule has 8 nitrogen and oxygen atoms in total. The first-order valence-electron chi connectivity index (χ1n) is 7.80. The normalized spacial score (nSPS) is 15.6. The molecule has 2 aromatic carbocycles. The van der Waals surface area contributed by atoms with E-state index in [1.807, 2.05) is 30.3 Å². The van der Waals surface area contributed by atoms with Crippen molar-refractivity contribution in [2.45, 2.75) is 6.10 Å². The molecule has 1 N–H and O–H groups in total. The van der Waals surface area contributed by atoms with E-state index in [0.717, 1.165) is 5.75 Å². The van der Waals surface area contributed by atoms with Gasteiger partial charge in [-0.2, -0.15) is 0 Å². The van der Waals surface area contributed by atoms with Crippen LogP contribution in [0.5, 0.6) is 11.5 Å². The summed E-state index contributed by atoms with van der Waals surface area (Å²) in [6, 6.07) is 14.5. The minimum Gasteiger partial charge on any atom is -0.486 e. The topological polar surface area (TPSA) is 91.2 Å². The summed E-state index contributed by atoms with van der Waals surface area (Å²) in [5.74, 6) is 1.21. The van der Waals surface area contributed by atoms with E-state index >= 15 is 0 Å². The third kappa shape index (κ3) is 3.27. The van der Waals surface area contributed by atoms with E-state index in [9.17, 15) is 4.79 Å². The Labute approximate surface area is 143 Å². The lowest BCUT2D eigenvalue weighted by molar-refractivity contribution is 0.0789. The van der Waals surface area contributed by atoms with Crippen molar-refractivity contribution >= 4 is 5.91 Å². The number of nitrogens with zero attached hydrogens (tertiary/aromatic N) is 4. The monoisotopic (exact) mass is 337 g/mol. The van der Waals surface area contributed by atoms with Gasteiger partial charge in [0, 0.05) is 5.56 Å². The molecule has 0 bridgehead atoms. The number of para-hydroxylation sites is 2. The molecule has 0 fully saturated rings. The van der Waals surface area contributed by atoms with Crippen LogP contribution >= 0.6 is 0 Å². The van der Waals surface area contributed by atoms with Crippen molar-refractivity contribution in [1.29, 1.82) is 0 Å². The Morgan fingerprint density at radius 3 is 2.92 bits per heavy atom. The molecule has 0 radical (unpaired) electrons. The predicted molar refractivity (Wildman–Crippen MR) is 87.8 cm³/mol. The van der Waals surface area contributed by atoms with Crippen LogP contribution in [0.3, 0.4) is 0 Å². The Balaban J connectivity index is 1.39. The van der Waals surface area contributed by atoms with Gasteiger partial charge >= 0.3 is 0 Å². The van der Waals surface area contributed by atoms with Crippen LogP contribution in [-0.4, -0.2) is 45.4 Å². The SMILES string of the molecule is O=C(NCC1COc2ccccc2O1)c1cccc(-n2cnnn2)c1. The van der Waals surface area contributed by atoms with Crippen LogP contribution < -0.4 is 14.8 Å². The van der Waals surface area contributed by atoms with Crippen molar-refractivity contribution in [3.8, 4) is 17.2 Å². The number of aromatic nitrogens is 4. The lowest BCUT2D eigenvalue weighted by Gasteiger charge is -2.26. The highest BCUT2D eigenvalue weighted by Crippen LogP contribution is 2.30. The number of fused-ring (bicyclic) bond motifs is 1. The lowest BCUT2D eigenvalue weighted by atomic mass is 10.2. The summed E-state index contributed by atoms with van der Waals surface area (Å²) in [6.07, 6.45) is 1.24. The molecule has 126 valence electrons. The van der Waals surface area contributed by atoms with Gasteiger partial charge in [0.05, 0.1) is 12.2 Å². The highest BCUT2D eigenvalue weighted by molar-refractivity contribution is 5.94. The fourth-order valence-corrected chi connectivity index (χ4v) is 2.54. The summed E-state index contributed by atoms with van der Waals surface area (Å²) in [4.78, 5) is 12.4. The van der Waals surface area contributed by atoms with Crippen LogP contribution in [0.4, 0.5) is 0 Å². The predicted octanol–water partition coefficient (Wildman–Crippen LogP) is 1.23. The van der Waals surface area contributed by atoms with Gasteiger partial charge in [-0.1, -0.05) is 18.2 Å². The summed E-state index contributed by atoms with van der Waals surface area (Å²) >= 11 is 0. The van der Waals surface area contributed by atoms with E-state index in [2.05, 4.69) is 20.8 Å². The molecule has 1 aliphatic heterocycles. The largest absolute Gasteiger partial charge is 0.486 e. The number of amides is 1. The molecule has 1 amide bonds. The summed E-state index contributed by atoms with van der Waals surface area (Å²) in [5, 5.41) is 13.9. The van der Waals surface area contributed by atoms with E-state index in [-0.39, 0.29) is 12.0 Å². The van der Waals surface area contributed by atoms with Crippen molar-refractivity contribution in [3.05, 3.63) is 60.4 Å². The fourth-order valence-electron chi connectivity index (χ4n) is 2.54. The zero-order valence-corrected chi connectivity index (χ0v) is 13.2. The lowest BCUT2D eigenvalue weighted by Crippen LogP contribution is -2.40. The highest BCUT2D eigenvalue weighted by Gasteiger charge is 2.21. The molecule has 2 heterocycles. The van der Waals surface area contributed by atoms with E-state index < -0.39 is 0 Å². The van der Waals surface area contributed by atoms with Crippen LogP contribution in [-0.2, 0) is 0 Å². The molecule has 0 aliphatic carbocycles. The van der Waals surface area contributed by atoms with E-state index in [4.69, 9.17) is 9.47 Å². The van der Waals surface area contributed by atoms with E-state index in [0.29, 0.717) is 30.2 Å². The molecule has 1 aliphatic rings. The fraction of sp³-hybridized carbons (Fsp3) is 0.176. The standard InChI is InChI=1S/C17H15N5O3/c23-17(12-4-3-5-13(8-12)22-11-19-20-21-22)18-9-14-10-24-15-6-1-2-7-16(15)25-14/h1-8,11,14H,9-10H2,(H,18,23). The summed E-state index contributed by atoms with van der Waals surface area (Å²) < 4.78 is 13.0. The van der Waals surface area contributed by atoms with Gasteiger partial charge in [0.15, 0.2) is 11.5 Å². The van der Waals surface area contributed by atoms with Gasteiger partial charge in [-0.25, -0.2) is 4.68 Å². The van der Waals surface area contributed by atoms with Gasteiger partial charge in [0.1, 0.15) is 19.0 Å². The number of nitrogens with one attached hydrogen (secondary N) is 1. The van der Waals surface area contributed by atoms with Gasteiger partial charge in [0.2, 0.25) is 0 Å². The number of tetrazole rings is 1. The molecule has 0 saturated heterocycles. The second-order valence-corrected chi connectivity index (χ2v) is 5.51. The minimum absolute atomic E-state index is 0.197. The maximum Gasteiger partial charge on any atom is 0.251 e. The Morgan fingerprint density at radius 2 is 2.08 bits per heavy atom. The molecule has 4 rings (SSSR count). The Hall–Kier alpha value is -3.42. The van der Waals surface area contributed by atoms with Crippen LogP contribution in [0.1, 0.15) is 10.4 Å². The Kier molecular flexibility index (Phi) is 3.99. The van der Waals surface area contributed by atoms with Crippen molar-refractivity contribution in [1.82, 2.24) is 25.5 Å². The van der Waals surface area contributed by atoms with Crippen LogP contribution in [0.2, 0.25) is 0 Å². The number of hydrogen-bond donors (Lipinski definition) is 1. The zero-order valence-electron chi connectivity index (χ0n) is 13.2. The number of hydrogen-bond acceptors (Lipinski definition) is 6. The van der Waals surface area contributed by atoms with Crippen molar-refractivity contribution in [2.24, 2.45) is 0 Å². The van der Waals surface area contributed by atoms with Gasteiger partial charge in [-0.15, -0.1) is 5.10 Å². The van der Waals surface area contributed by atoms with Crippen LogP contribution in [0, 0.1) is 0 Å². The first-order valence-corrected chi connectivity index (χ1v) is 7.80. The highest BCUT2D eigenvalue weighted by atomic mass is 16.6. The number of carbonyl (C=O) groups is 1. The molecule has 1 unspecified atom stereocenters. The van der Waals surface area contributed by atoms with Crippen molar-refractivity contribution in [3.63, 3.8) is 0 Å². The average Bonchev–Trinajstić information content (AvgIpc) is 3.21. The number of rotatable bonds is 4. The smallest absolute Gasteiger partial charge is 0.251 e. The van der Waals surface area contributed by atoms with Gasteiger partial charge in [0.25, 0.3) is 5.91 Å². The van der Waals surface area contributed by atoms with E-state index in [1.54, 1.807) is 18.2 Å². The second-order valence-electron chi connectivity index (χ2n) is 5.51. The summed E-state index contributed by atoms with van der Waals surface area (Å²) in [5.41, 5.74) is 1.23. The molecule has 1 atom stereocenters. The van der Waals surface area contributed by atoms with Gasteiger partial charge in [-0.05, 0) is 40.8 Å². The molecule has 25 heavy (non-hydrogen) atoms. The number of ether oxygens (including phenoxy) is 2. The quantitative estimate of drug-likeness (QED) is 0.770. The van der Waals surface area contributed by atoms with Crippen molar-refractivity contribution < 1.29 is 14.3 Å².